The first kappa shape index (κ1) is 15.4. The average molecular weight is 283 g/mol. The van der Waals surface area contributed by atoms with Gasteiger partial charge in [0.2, 0.25) is 5.91 Å². The van der Waals surface area contributed by atoms with Crippen molar-refractivity contribution in [2.24, 2.45) is 0 Å². The highest BCUT2D eigenvalue weighted by molar-refractivity contribution is 8.00. The van der Waals surface area contributed by atoms with Gasteiger partial charge in [0.1, 0.15) is 0 Å². The van der Waals surface area contributed by atoms with Crippen molar-refractivity contribution in [1.29, 1.82) is 0 Å². The lowest BCUT2D eigenvalue weighted by Crippen LogP contribution is -2.32. The molecule has 1 amide bonds. The van der Waals surface area contributed by atoms with Crippen LogP contribution in [0, 0.1) is 11.6 Å². The molecule has 0 N–H and O–H groups in total. The molecule has 19 heavy (non-hydrogen) atoms. The maximum absolute atomic E-state index is 13.0. The number of rotatable bonds is 7. The second-order valence-electron chi connectivity index (χ2n) is 3.74. The summed E-state index contributed by atoms with van der Waals surface area (Å²) in [6, 6.07) is 3.58. The summed E-state index contributed by atoms with van der Waals surface area (Å²) in [4.78, 5) is 14.0. The number of nitrogens with zero attached hydrogens (tertiary/aromatic N) is 1. The normalized spacial score (nSPS) is 10.0. The van der Waals surface area contributed by atoms with Crippen LogP contribution in [-0.2, 0) is 4.79 Å². The molecule has 2 nitrogen and oxygen atoms in total. The van der Waals surface area contributed by atoms with Crippen molar-refractivity contribution in [3.8, 4) is 0 Å². The van der Waals surface area contributed by atoms with Gasteiger partial charge in [-0.3, -0.25) is 4.79 Å². The Morgan fingerprint density at radius 3 is 2.37 bits per heavy atom. The molecule has 0 spiro atoms. The molecular weight excluding hydrogens is 268 g/mol. The van der Waals surface area contributed by atoms with Crippen molar-refractivity contribution in [2.45, 2.75) is 4.90 Å². The molecule has 1 aromatic carbocycles. The molecule has 0 atom stereocenters. The maximum Gasteiger partial charge on any atom is 0.233 e. The van der Waals surface area contributed by atoms with E-state index >= 15 is 0 Å². The summed E-state index contributed by atoms with van der Waals surface area (Å²) in [6.07, 6.45) is 3.26. The van der Waals surface area contributed by atoms with E-state index in [1.165, 1.54) is 6.07 Å². The Balaban J connectivity index is 2.58. The highest BCUT2D eigenvalue weighted by Crippen LogP contribution is 2.20. The fourth-order valence-corrected chi connectivity index (χ4v) is 2.22. The van der Waals surface area contributed by atoms with E-state index in [2.05, 4.69) is 13.2 Å². The zero-order valence-electron chi connectivity index (χ0n) is 10.4. The number of thioether (sulfide) groups is 1. The minimum absolute atomic E-state index is 0.102. The molecule has 1 aromatic rings. The van der Waals surface area contributed by atoms with Crippen LogP contribution < -0.4 is 0 Å². The smallest absolute Gasteiger partial charge is 0.233 e. The average Bonchev–Trinajstić information content (AvgIpc) is 2.39. The third kappa shape index (κ3) is 4.87. The number of benzene rings is 1. The third-order valence-corrected chi connectivity index (χ3v) is 3.28. The topological polar surface area (TPSA) is 20.3 Å². The van der Waals surface area contributed by atoms with Gasteiger partial charge in [0.25, 0.3) is 0 Å². The van der Waals surface area contributed by atoms with Gasteiger partial charge >= 0.3 is 0 Å². The van der Waals surface area contributed by atoms with E-state index in [0.29, 0.717) is 18.0 Å². The molecule has 0 saturated heterocycles. The van der Waals surface area contributed by atoms with Gasteiger partial charge in [-0.2, -0.15) is 0 Å². The van der Waals surface area contributed by atoms with E-state index in [1.807, 2.05) is 0 Å². The molecular formula is C14H15F2NOS. The van der Waals surface area contributed by atoms with Crippen molar-refractivity contribution in [2.75, 3.05) is 18.8 Å². The third-order valence-electron chi connectivity index (χ3n) is 2.31. The summed E-state index contributed by atoms with van der Waals surface area (Å²) >= 11 is 1.16. The Bertz CT molecular complexity index is 467. The van der Waals surface area contributed by atoms with Gasteiger partial charge in [-0.1, -0.05) is 12.2 Å². The number of hydrogen-bond acceptors (Lipinski definition) is 2. The molecule has 0 radical (unpaired) electrons. The van der Waals surface area contributed by atoms with E-state index in [1.54, 1.807) is 17.1 Å². The Morgan fingerprint density at radius 2 is 1.84 bits per heavy atom. The number of amides is 1. The van der Waals surface area contributed by atoms with Crippen molar-refractivity contribution in [3.63, 3.8) is 0 Å². The van der Waals surface area contributed by atoms with E-state index < -0.39 is 11.6 Å². The predicted octanol–water partition coefficient (Wildman–Crippen LogP) is 3.26. The molecule has 5 heteroatoms. The van der Waals surface area contributed by atoms with Crippen molar-refractivity contribution >= 4 is 17.7 Å². The van der Waals surface area contributed by atoms with Gasteiger partial charge in [0.15, 0.2) is 11.6 Å². The molecule has 0 aliphatic heterocycles. The minimum Gasteiger partial charge on any atom is -0.335 e. The summed E-state index contributed by atoms with van der Waals surface area (Å²) in [6.45, 7) is 8.02. The zero-order chi connectivity index (χ0) is 14.3. The van der Waals surface area contributed by atoms with E-state index in [0.717, 1.165) is 23.9 Å². The van der Waals surface area contributed by atoms with Gasteiger partial charge < -0.3 is 4.90 Å². The van der Waals surface area contributed by atoms with Crippen LogP contribution in [0.3, 0.4) is 0 Å². The lowest BCUT2D eigenvalue weighted by atomic mass is 10.3. The van der Waals surface area contributed by atoms with Crippen LogP contribution in [0.1, 0.15) is 0 Å². The van der Waals surface area contributed by atoms with E-state index in [-0.39, 0.29) is 11.7 Å². The van der Waals surface area contributed by atoms with Crippen molar-refractivity contribution in [3.05, 3.63) is 55.1 Å². The van der Waals surface area contributed by atoms with Gasteiger partial charge in [-0.05, 0) is 18.2 Å². The van der Waals surface area contributed by atoms with Crippen LogP contribution in [0.25, 0.3) is 0 Å². The monoisotopic (exact) mass is 283 g/mol. The number of halogens is 2. The fraction of sp³-hybridized carbons (Fsp3) is 0.214. The fourth-order valence-electron chi connectivity index (χ4n) is 1.39. The Labute approximate surface area is 115 Å². The van der Waals surface area contributed by atoms with Crippen LogP contribution in [0.4, 0.5) is 8.78 Å². The Morgan fingerprint density at radius 1 is 1.21 bits per heavy atom. The summed E-state index contributed by atoms with van der Waals surface area (Å²) in [5, 5.41) is 0. The molecule has 0 unspecified atom stereocenters. The minimum atomic E-state index is -0.911. The van der Waals surface area contributed by atoms with Crippen LogP contribution in [0.5, 0.6) is 0 Å². The first-order chi connectivity index (χ1) is 9.08. The molecule has 0 heterocycles. The van der Waals surface area contributed by atoms with Gasteiger partial charge in [0.05, 0.1) is 5.75 Å². The molecule has 0 aromatic heterocycles. The van der Waals surface area contributed by atoms with E-state index in [4.69, 9.17) is 0 Å². The van der Waals surface area contributed by atoms with Crippen molar-refractivity contribution < 1.29 is 13.6 Å². The Hall–Kier alpha value is -1.62. The van der Waals surface area contributed by atoms with Crippen LogP contribution in [0.2, 0.25) is 0 Å². The van der Waals surface area contributed by atoms with Crippen molar-refractivity contribution in [1.82, 2.24) is 4.90 Å². The first-order valence-electron chi connectivity index (χ1n) is 5.66. The summed E-state index contributed by atoms with van der Waals surface area (Å²) in [7, 11) is 0. The molecule has 0 fully saturated rings. The molecule has 0 saturated carbocycles. The molecule has 1 rings (SSSR count). The quantitative estimate of drug-likeness (QED) is 0.565. The standard InChI is InChI=1S/C14H15F2NOS/c1-3-7-17(8-4-2)14(18)10-19-11-5-6-12(15)13(16)9-11/h3-6,9H,1-2,7-8,10H2. The number of carbonyl (C=O) groups is 1. The summed E-state index contributed by atoms with van der Waals surface area (Å²) in [5.41, 5.74) is 0. The highest BCUT2D eigenvalue weighted by atomic mass is 32.2. The van der Waals surface area contributed by atoms with Crippen LogP contribution in [0.15, 0.2) is 48.4 Å². The highest BCUT2D eigenvalue weighted by Gasteiger charge is 2.11. The lowest BCUT2D eigenvalue weighted by Gasteiger charge is -2.18. The Kier molecular flexibility index (Phi) is 6.29. The second kappa shape index (κ2) is 7.74. The molecule has 0 aliphatic carbocycles. The second-order valence-corrected chi connectivity index (χ2v) is 4.79. The van der Waals surface area contributed by atoms with Gasteiger partial charge in [-0.25, -0.2) is 8.78 Å². The van der Waals surface area contributed by atoms with Gasteiger partial charge in [-0.15, -0.1) is 24.9 Å². The largest absolute Gasteiger partial charge is 0.335 e. The van der Waals surface area contributed by atoms with Crippen LogP contribution in [-0.4, -0.2) is 29.6 Å². The lowest BCUT2D eigenvalue weighted by molar-refractivity contribution is -0.127. The maximum atomic E-state index is 13.0. The SMILES string of the molecule is C=CCN(CC=C)C(=O)CSc1ccc(F)c(F)c1. The molecule has 0 aliphatic rings. The number of carbonyl (C=O) groups excluding carboxylic acids is 1. The number of hydrogen-bond donors (Lipinski definition) is 0. The molecule has 102 valence electrons. The summed E-state index contributed by atoms with van der Waals surface area (Å²) in [5.74, 6) is -1.75. The van der Waals surface area contributed by atoms with Crippen LogP contribution >= 0.6 is 11.8 Å². The first-order valence-corrected chi connectivity index (χ1v) is 6.64. The van der Waals surface area contributed by atoms with E-state index in [9.17, 15) is 13.6 Å². The summed E-state index contributed by atoms with van der Waals surface area (Å²) < 4.78 is 25.7. The zero-order valence-corrected chi connectivity index (χ0v) is 11.3. The predicted molar refractivity (Wildman–Crippen MR) is 74.1 cm³/mol. The van der Waals surface area contributed by atoms with Gasteiger partial charge in [0, 0.05) is 18.0 Å². The molecule has 0 bridgehead atoms.